The van der Waals surface area contributed by atoms with Crippen molar-refractivity contribution in [2.45, 2.75) is 38.7 Å². The van der Waals surface area contributed by atoms with Crippen LogP contribution in [0.4, 0.5) is 4.39 Å². The highest BCUT2D eigenvalue weighted by Gasteiger charge is 2.48. The topological polar surface area (TPSA) is 59.6 Å². The molecule has 4 aliphatic rings. The number of rotatable bonds is 4. The fourth-order valence-corrected chi connectivity index (χ4v) is 7.18. The van der Waals surface area contributed by atoms with E-state index in [0.717, 1.165) is 44.3 Å². The zero-order valence-electron chi connectivity index (χ0n) is 21.0. The zero-order chi connectivity index (χ0) is 24.9. The van der Waals surface area contributed by atoms with Crippen molar-refractivity contribution >= 4 is 16.8 Å². The number of allylic oxidation sites excluding steroid dienone is 6. The van der Waals surface area contributed by atoms with Crippen LogP contribution >= 0.6 is 0 Å². The summed E-state index contributed by atoms with van der Waals surface area (Å²) in [7, 11) is 0. The van der Waals surface area contributed by atoms with Crippen molar-refractivity contribution in [1.29, 1.82) is 0 Å². The second kappa shape index (κ2) is 9.31. The van der Waals surface area contributed by atoms with E-state index in [9.17, 15) is 14.3 Å². The van der Waals surface area contributed by atoms with E-state index in [4.69, 9.17) is 0 Å². The van der Waals surface area contributed by atoms with Gasteiger partial charge in [-0.1, -0.05) is 37.3 Å². The first-order valence-electron chi connectivity index (χ1n) is 13.5. The summed E-state index contributed by atoms with van der Waals surface area (Å²) >= 11 is 0. The largest absolute Gasteiger partial charge is 0.392 e. The number of nitrogens with zero attached hydrogens (tertiary/aromatic N) is 2. The van der Waals surface area contributed by atoms with Crippen LogP contribution in [0.15, 0.2) is 60.2 Å². The molecule has 1 spiro atoms. The van der Waals surface area contributed by atoms with E-state index in [1.807, 2.05) is 4.90 Å². The molecule has 0 saturated carbocycles. The molecule has 0 radical (unpaired) electrons. The molecule has 6 heteroatoms. The number of amides is 1. The minimum absolute atomic E-state index is 0.0507. The number of halogens is 1. The summed E-state index contributed by atoms with van der Waals surface area (Å²) in [5.74, 6) is 1.02. The highest BCUT2D eigenvalue weighted by molar-refractivity contribution is 5.98. The van der Waals surface area contributed by atoms with Gasteiger partial charge < -0.3 is 19.9 Å². The third-order valence-corrected chi connectivity index (χ3v) is 9.37. The molecular formula is C30H36FN3O2. The molecule has 2 aromatic rings. The number of benzene rings is 1. The highest BCUT2D eigenvalue weighted by atomic mass is 19.1. The van der Waals surface area contributed by atoms with Gasteiger partial charge in [0.15, 0.2) is 0 Å². The van der Waals surface area contributed by atoms with Crippen LogP contribution in [0.3, 0.4) is 0 Å². The Morgan fingerprint density at radius 1 is 1.25 bits per heavy atom. The van der Waals surface area contributed by atoms with Gasteiger partial charge in [0.05, 0.1) is 6.10 Å². The number of hydrogen-bond donors (Lipinski definition) is 2. The number of aliphatic hydroxyl groups is 1. The highest BCUT2D eigenvalue weighted by Crippen LogP contribution is 2.53. The number of carbonyl (C=O) groups is 1. The summed E-state index contributed by atoms with van der Waals surface area (Å²) in [4.78, 5) is 20.5. The lowest BCUT2D eigenvalue weighted by Crippen LogP contribution is -2.51. The Labute approximate surface area is 212 Å². The Morgan fingerprint density at radius 2 is 2.08 bits per heavy atom. The fraction of sp³-hybridized carbons (Fsp3) is 0.500. The van der Waals surface area contributed by atoms with Crippen molar-refractivity contribution < 1.29 is 14.3 Å². The fourth-order valence-electron chi connectivity index (χ4n) is 7.18. The van der Waals surface area contributed by atoms with Crippen LogP contribution in [0.5, 0.6) is 0 Å². The van der Waals surface area contributed by atoms with E-state index in [2.05, 4.69) is 47.2 Å². The summed E-state index contributed by atoms with van der Waals surface area (Å²) in [5, 5.41) is 11.8. The quantitative estimate of drug-likeness (QED) is 0.641. The van der Waals surface area contributed by atoms with Gasteiger partial charge in [0, 0.05) is 42.5 Å². The van der Waals surface area contributed by atoms with Crippen molar-refractivity contribution in [3.05, 3.63) is 71.7 Å². The average Bonchev–Trinajstić information content (AvgIpc) is 3.48. The number of hydrogen-bond acceptors (Lipinski definition) is 3. The smallest absolute Gasteiger partial charge is 0.270 e. The molecule has 4 atom stereocenters. The van der Waals surface area contributed by atoms with Gasteiger partial charge in [-0.05, 0) is 79.8 Å². The molecule has 2 N–H and O–H groups in total. The van der Waals surface area contributed by atoms with Crippen LogP contribution < -0.4 is 0 Å². The molecule has 6 rings (SSSR count). The van der Waals surface area contributed by atoms with Crippen LogP contribution in [0, 0.1) is 29.0 Å². The molecule has 2 saturated heterocycles. The molecule has 2 aliphatic heterocycles. The lowest BCUT2D eigenvalue weighted by Gasteiger charge is -2.48. The molecular weight excluding hydrogens is 453 g/mol. The van der Waals surface area contributed by atoms with Gasteiger partial charge in [-0.3, -0.25) is 4.79 Å². The minimum Gasteiger partial charge on any atom is -0.392 e. The van der Waals surface area contributed by atoms with E-state index < -0.39 is 0 Å². The summed E-state index contributed by atoms with van der Waals surface area (Å²) in [6.07, 6.45) is 15.1. The van der Waals surface area contributed by atoms with Gasteiger partial charge in [-0.15, -0.1) is 0 Å². The Kier molecular flexibility index (Phi) is 6.12. The number of nitrogens with one attached hydrogen (secondary N) is 1. The number of aliphatic hydroxyl groups excluding tert-OH is 1. The molecule has 2 aliphatic carbocycles. The molecule has 3 heterocycles. The predicted molar refractivity (Wildman–Crippen MR) is 140 cm³/mol. The van der Waals surface area contributed by atoms with Gasteiger partial charge in [0.2, 0.25) is 0 Å². The maximum atomic E-state index is 13.5. The van der Waals surface area contributed by atoms with Crippen molar-refractivity contribution in [2.75, 3.05) is 32.7 Å². The zero-order valence-corrected chi connectivity index (χ0v) is 21.0. The number of aromatic amines is 1. The first-order valence-corrected chi connectivity index (χ1v) is 13.5. The Hall–Kier alpha value is -2.70. The molecule has 1 aromatic carbocycles. The molecule has 5 nitrogen and oxygen atoms in total. The molecule has 2 fully saturated rings. The van der Waals surface area contributed by atoms with Crippen LogP contribution in [-0.4, -0.2) is 64.6 Å². The molecule has 1 aromatic heterocycles. The van der Waals surface area contributed by atoms with Gasteiger partial charge in [0.1, 0.15) is 11.5 Å². The maximum absolute atomic E-state index is 13.5. The number of β-amino-alcohol motifs (C(OH)–C–C–N with tert-alkyl or cyclic N) is 1. The number of piperidine rings is 2. The Morgan fingerprint density at radius 3 is 2.89 bits per heavy atom. The third-order valence-electron chi connectivity index (χ3n) is 9.37. The van der Waals surface area contributed by atoms with E-state index in [-0.39, 0.29) is 29.2 Å². The first-order chi connectivity index (χ1) is 17.4. The maximum Gasteiger partial charge on any atom is 0.270 e. The number of carbonyl (C=O) groups excluding carboxylic acids is 1. The minimum atomic E-state index is -0.369. The molecule has 2 unspecified atom stereocenters. The van der Waals surface area contributed by atoms with Crippen LogP contribution in [0.2, 0.25) is 0 Å². The lowest BCUT2D eigenvalue weighted by atomic mass is 9.62. The van der Waals surface area contributed by atoms with E-state index in [1.165, 1.54) is 17.7 Å². The second-order valence-corrected chi connectivity index (χ2v) is 11.4. The number of H-pyrrole nitrogens is 1. The van der Waals surface area contributed by atoms with Crippen molar-refractivity contribution in [1.82, 2.24) is 14.8 Å². The summed E-state index contributed by atoms with van der Waals surface area (Å²) < 4.78 is 13.5. The molecule has 0 bridgehead atoms. The van der Waals surface area contributed by atoms with Crippen molar-refractivity contribution in [3.8, 4) is 0 Å². The van der Waals surface area contributed by atoms with Crippen LogP contribution in [-0.2, 0) is 0 Å². The number of aromatic nitrogens is 1. The normalized spacial score (nSPS) is 29.6. The standard InChI is InChI=1S/C30H36FN3O2/c1-20-18-33(15-12-30(20)11-8-21-4-2-3-5-25(21)30)19-28(35)22-9-13-34(14-10-22)29(36)27-17-23-16-24(31)6-7-26(23)32-27/h2-4,6-8,11,16-17,20,22,25,28,32,35H,5,9-10,12-15,18-19H2,1H3/t20-,25?,28-,30?/m1/s1. The van der Waals surface area contributed by atoms with Gasteiger partial charge in [-0.2, -0.15) is 0 Å². The van der Waals surface area contributed by atoms with Gasteiger partial charge in [0.25, 0.3) is 5.91 Å². The SMILES string of the molecule is C[C@@H]1CN(C[C@@H](O)C2CCN(C(=O)c3cc4cc(F)ccc4[nH]3)CC2)CCC12C=CC1=CC=CCC12. The number of likely N-dealkylation sites (tertiary alicyclic amines) is 2. The van der Waals surface area contributed by atoms with Crippen molar-refractivity contribution in [3.63, 3.8) is 0 Å². The first kappa shape index (κ1) is 23.7. The second-order valence-electron chi connectivity index (χ2n) is 11.4. The monoisotopic (exact) mass is 489 g/mol. The molecule has 36 heavy (non-hydrogen) atoms. The van der Waals surface area contributed by atoms with Gasteiger partial charge >= 0.3 is 0 Å². The third kappa shape index (κ3) is 4.14. The summed E-state index contributed by atoms with van der Waals surface area (Å²) in [6.45, 7) is 6.42. The summed E-state index contributed by atoms with van der Waals surface area (Å²) in [5.41, 5.74) is 3.01. The lowest BCUT2D eigenvalue weighted by molar-refractivity contribution is -0.00475. The van der Waals surface area contributed by atoms with E-state index in [1.54, 1.807) is 12.1 Å². The predicted octanol–water partition coefficient (Wildman–Crippen LogP) is 4.92. The average molecular weight is 490 g/mol. The van der Waals surface area contributed by atoms with Crippen LogP contribution in [0.25, 0.3) is 10.9 Å². The molecule has 1 amide bonds. The van der Waals surface area contributed by atoms with E-state index >= 15 is 0 Å². The summed E-state index contributed by atoms with van der Waals surface area (Å²) in [6, 6.07) is 6.24. The Bertz CT molecular complexity index is 1240. The van der Waals surface area contributed by atoms with Crippen molar-refractivity contribution in [2.24, 2.45) is 23.2 Å². The molecule has 190 valence electrons. The van der Waals surface area contributed by atoms with E-state index in [0.29, 0.717) is 42.6 Å². The van der Waals surface area contributed by atoms with Gasteiger partial charge in [-0.25, -0.2) is 4.39 Å². The van der Waals surface area contributed by atoms with Crippen LogP contribution in [0.1, 0.15) is 43.1 Å². The number of fused-ring (bicyclic) bond motifs is 3. The Balaban J connectivity index is 1.02.